The largest absolute Gasteiger partial charge is 0.466 e. The maximum atomic E-state index is 12.5. The fourth-order valence-electron chi connectivity index (χ4n) is 11.6. The lowest BCUT2D eigenvalue weighted by Gasteiger charge is -2.22. The van der Waals surface area contributed by atoms with Gasteiger partial charge in [-0.05, 0) is 51.4 Å². The fourth-order valence-corrected chi connectivity index (χ4v) is 11.6. The Labute approximate surface area is 489 Å². The minimum atomic E-state index is -0.666. The molecular formula is C72H141NO5. The van der Waals surface area contributed by atoms with Crippen molar-refractivity contribution in [2.24, 2.45) is 0 Å². The summed E-state index contributed by atoms with van der Waals surface area (Å²) < 4.78 is 5.51. The van der Waals surface area contributed by atoms with E-state index in [0.29, 0.717) is 25.9 Å². The first kappa shape index (κ1) is 76.6. The van der Waals surface area contributed by atoms with Gasteiger partial charge in [0.25, 0.3) is 0 Å². The van der Waals surface area contributed by atoms with Gasteiger partial charge < -0.3 is 20.3 Å². The molecule has 464 valence electrons. The molecule has 0 aliphatic carbocycles. The maximum Gasteiger partial charge on any atom is 0.305 e. The SMILES string of the molecule is CCCCCCCCCCCCCCCCCCCCC(=O)OCCCCCCCCCCCCCC/C=C\CCCCCCCCCCCC(=O)NC(CO)C(O)CCCCCCCCCCCCCCCCCCCC. The van der Waals surface area contributed by atoms with Crippen molar-refractivity contribution < 1.29 is 24.5 Å². The molecule has 3 N–H and O–H groups in total. The molecule has 0 fully saturated rings. The van der Waals surface area contributed by atoms with Crippen molar-refractivity contribution in [1.82, 2.24) is 5.32 Å². The molecule has 2 unspecified atom stereocenters. The highest BCUT2D eigenvalue weighted by Gasteiger charge is 2.20. The summed E-state index contributed by atoms with van der Waals surface area (Å²) >= 11 is 0. The van der Waals surface area contributed by atoms with Gasteiger partial charge >= 0.3 is 5.97 Å². The number of esters is 1. The van der Waals surface area contributed by atoms with Gasteiger partial charge in [-0.3, -0.25) is 9.59 Å². The highest BCUT2D eigenvalue weighted by Crippen LogP contribution is 2.19. The Morgan fingerprint density at radius 3 is 0.910 bits per heavy atom. The van der Waals surface area contributed by atoms with E-state index in [1.165, 1.54) is 340 Å². The first-order valence-electron chi connectivity index (χ1n) is 35.9. The number of carbonyl (C=O) groups excluding carboxylic acids is 2. The molecule has 0 bridgehead atoms. The lowest BCUT2D eigenvalue weighted by molar-refractivity contribution is -0.143. The Bertz CT molecular complexity index is 1180. The third-order valence-electron chi connectivity index (χ3n) is 17.1. The number of unbranched alkanes of at least 4 members (excludes halogenated alkanes) is 55. The molecule has 1 amide bonds. The van der Waals surface area contributed by atoms with Gasteiger partial charge in [0.15, 0.2) is 0 Å². The summed E-state index contributed by atoms with van der Waals surface area (Å²) in [5, 5.41) is 23.4. The van der Waals surface area contributed by atoms with Crippen molar-refractivity contribution in [3.8, 4) is 0 Å². The quantitative estimate of drug-likeness (QED) is 0.0320. The van der Waals surface area contributed by atoms with Crippen molar-refractivity contribution in [2.45, 2.75) is 424 Å². The number of hydrogen-bond donors (Lipinski definition) is 3. The second-order valence-electron chi connectivity index (χ2n) is 24.9. The Hall–Kier alpha value is -1.40. The van der Waals surface area contributed by atoms with E-state index in [1.807, 2.05) is 0 Å². The van der Waals surface area contributed by atoms with Crippen molar-refractivity contribution in [1.29, 1.82) is 0 Å². The minimum absolute atomic E-state index is 0.0191. The smallest absolute Gasteiger partial charge is 0.305 e. The molecule has 6 nitrogen and oxygen atoms in total. The molecule has 0 aliphatic heterocycles. The van der Waals surface area contributed by atoms with Crippen molar-refractivity contribution in [3.05, 3.63) is 12.2 Å². The summed E-state index contributed by atoms with van der Waals surface area (Å²) in [4.78, 5) is 24.6. The van der Waals surface area contributed by atoms with Gasteiger partial charge in [0.1, 0.15) is 0 Å². The molecule has 0 rings (SSSR count). The van der Waals surface area contributed by atoms with E-state index in [-0.39, 0.29) is 18.5 Å². The van der Waals surface area contributed by atoms with Gasteiger partial charge in [0, 0.05) is 12.8 Å². The Balaban J connectivity index is 3.37. The molecule has 2 atom stereocenters. The Kier molecular flexibility index (Phi) is 66.9. The molecule has 0 saturated carbocycles. The lowest BCUT2D eigenvalue weighted by atomic mass is 10.0. The number of amides is 1. The number of aliphatic hydroxyl groups excluding tert-OH is 2. The van der Waals surface area contributed by atoms with E-state index >= 15 is 0 Å². The van der Waals surface area contributed by atoms with Gasteiger partial charge in [0.2, 0.25) is 5.91 Å². The first-order chi connectivity index (χ1) is 38.5. The van der Waals surface area contributed by atoms with Gasteiger partial charge in [-0.15, -0.1) is 0 Å². The van der Waals surface area contributed by atoms with Crippen molar-refractivity contribution >= 4 is 11.9 Å². The number of carbonyl (C=O) groups is 2. The highest BCUT2D eigenvalue weighted by atomic mass is 16.5. The number of ether oxygens (including phenoxy) is 1. The van der Waals surface area contributed by atoms with E-state index in [4.69, 9.17) is 4.74 Å². The number of hydrogen-bond acceptors (Lipinski definition) is 5. The zero-order chi connectivity index (χ0) is 56.4. The highest BCUT2D eigenvalue weighted by molar-refractivity contribution is 5.76. The maximum absolute atomic E-state index is 12.5. The standard InChI is InChI=1S/C72H141NO5/c1-3-5-7-9-11-13-15-17-19-21-32-36-40-44-48-52-56-60-64-70(75)69(68-74)73-71(76)65-61-57-53-49-45-41-37-33-30-28-26-24-23-25-27-29-31-35-39-43-47-51-55-59-63-67-78-72(77)66-62-58-54-50-46-42-38-34-22-20-18-16-14-12-10-8-6-4-2/h24,26,69-70,74-75H,3-23,25,27-68H2,1-2H3,(H,73,76)/b26-24-. The van der Waals surface area contributed by atoms with Crippen LogP contribution in [0.15, 0.2) is 12.2 Å². The second kappa shape index (κ2) is 68.1. The molecule has 0 aromatic heterocycles. The van der Waals surface area contributed by atoms with Crippen molar-refractivity contribution in [2.75, 3.05) is 13.2 Å². The summed E-state index contributed by atoms with van der Waals surface area (Å²) in [5.41, 5.74) is 0. The first-order valence-corrected chi connectivity index (χ1v) is 35.9. The topological polar surface area (TPSA) is 95.9 Å². The van der Waals surface area contributed by atoms with Crippen LogP contribution in [-0.4, -0.2) is 47.4 Å². The Morgan fingerprint density at radius 2 is 0.603 bits per heavy atom. The molecule has 78 heavy (non-hydrogen) atoms. The van der Waals surface area contributed by atoms with Crippen LogP contribution in [0.5, 0.6) is 0 Å². The summed E-state index contributed by atoms with van der Waals surface area (Å²) in [5.74, 6) is -0.0147. The molecule has 0 aliphatic rings. The van der Waals surface area contributed by atoms with Gasteiger partial charge in [-0.2, -0.15) is 0 Å². The lowest BCUT2D eigenvalue weighted by Crippen LogP contribution is -2.45. The van der Waals surface area contributed by atoms with E-state index in [1.54, 1.807) is 0 Å². The number of nitrogens with one attached hydrogen (secondary N) is 1. The van der Waals surface area contributed by atoms with Crippen LogP contribution in [0.1, 0.15) is 412 Å². The second-order valence-corrected chi connectivity index (χ2v) is 24.9. The number of allylic oxidation sites excluding steroid dienone is 2. The van der Waals surface area contributed by atoms with E-state index < -0.39 is 12.1 Å². The van der Waals surface area contributed by atoms with E-state index in [9.17, 15) is 19.8 Å². The van der Waals surface area contributed by atoms with Crippen LogP contribution in [0, 0.1) is 0 Å². The summed E-state index contributed by atoms with van der Waals surface area (Å²) in [6.45, 7) is 5.00. The average molecular weight is 1100 g/mol. The molecule has 0 saturated heterocycles. The predicted molar refractivity (Wildman–Crippen MR) is 343 cm³/mol. The predicted octanol–water partition coefficient (Wildman–Crippen LogP) is 23.1. The number of rotatable bonds is 68. The van der Waals surface area contributed by atoms with Crippen LogP contribution in [0.25, 0.3) is 0 Å². The Morgan fingerprint density at radius 1 is 0.346 bits per heavy atom. The van der Waals surface area contributed by atoms with Crippen LogP contribution in [-0.2, 0) is 14.3 Å². The summed E-state index contributed by atoms with van der Waals surface area (Å²) in [6.07, 6.45) is 84.0. The molecule has 0 radical (unpaired) electrons. The van der Waals surface area contributed by atoms with Crippen LogP contribution in [0.4, 0.5) is 0 Å². The van der Waals surface area contributed by atoms with Gasteiger partial charge in [0.05, 0.1) is 25.4 Å². The normalized spacial score (nSPS) is 12.5. The van der Waals surface area contributed by atoms with Crippen LogP contribution < -0.4 is 5.32 Å². The van der Waals surface area contributed by atoms with Crippen molar-refractivity contribution in [3.63, 3.8) is 0 Å². The van der Waals surface area contributed by atoms with E-state index in [0.717, 1.165) is 38.5 Å². The average Bonchev–Trinajstić information content (AvgIpc) is 3.44. The zero-order valence-corrected chi connectivity index (χ0v) is 53.2. The molecule has 0 aromatic carbocycles. The van der Waals surface area contributed by atoms with Gasteiger partial charge in [-0.1, -0.05) is 360 Å². The molecular weight excluding hydrogens is 959 g/mol. The third kappa shape index (κ3) is 63.8. The monoisotopic (exact) mass is 1100 g/mol. The third-order valence-corrected chi connectivity index (χ3v) is 17.1. The van der Waals surface area contributed by atoms with Gasteiger partial charge in [-0.25, -0.2) is 0 Å². The van der Waals surface area contributed by atoms with E-state index in [2.05, 4.69) is 31.3 Å². The van der Waals surface area contributed by atoms with Crippen LogP contribution in [0.3, 0.4) is 0 Å². The summed E-state index contributed by atoms with van der Waals surface area (Å²) in [7, 11) is 0. The number of aliphatic hydroxyl groups is 2. The zero-order valence-electron chi connectivity index (χ0n) is 53.2. The molecule has 6 heteroatoms. The van der Waals surface area contributed by atoms with Crippen LogP contribution in [0.2, 0.25) is 0 Å². The molecule has 0 aromatic rings. The fraction of sp³-hybridized carbons (Fsp3) is 0.944. The molecule has 0 spiro atoms. The molecule has 0 heterocycles. The van der Waals surface area contributed by atoms with Crippen LogP contribution >= 0.6 is 0 Å². The summed E-state index contributed by atoms with van der Waals surface area (Å²) in [6, 6.07) is -0.544. The minimum Gasteiger partial charge on any atom is -0.466 e.